The van der Waals surface area contributed by atoms with Crippen LogP contribution in [0.2, 0.25) is 0 Å². The maximum Gasteiger partial charge on any atom is 0.114 e. The SMILES string of the molecule is Cc1ccccc1C(C)C(O)N1CCC(Cc2ccccc2)CC1. The van der Waals surface area contributed by atoms with Crippen molar-refractivity contribution in [3.63, 3.8) is 0 Å². The van der Waals surface area contributed by atoms with Crippen LogP contribution in [-0.4, -0.2) is 29.3 Å². The van der Waals surface area contributed by atoms with E-state index in [2.05, 4.69) is 73.3 Å². The second-order valence-electron chi connectivity index (χ2n) is 7.23. The molecule has 0 saturated carbocycles. The van der Waals surface area contributed by atoms with Crippen molar-refractivity contribution >= 4 is 0 Å². The van der Waals surface area contributed by atoms with Crippen LogP contribution in [0.5, 0.6) is 0 Å². The van der Waals surface area contributed by atoms with Crippen LogP contribution < -0.4 is 0 Å². The predicted octanol–water partition coefficient (Wildman–Crippen LogP) is 4.37. The van der Waals surface area contributed by atoms with Gasteiger partial charge in [-0.2, -0.15) is 0 Å². The number of likely N-dealkylation sites (tertiary alicyclic amines) is 1. The Kier molecular flexibility index (Phi) is 5.70. The highest BCUT2D eigenvalue weighted by molar-refractivity contribution is 5.29. The van der Waals surface area contributed by atoms with Gasteiger partial charge in [0.2, 0.25) is 0 Å². The van der Waals surface area contributed by atoms with Crippen LogP contribution in [0, 0.1) is 12.8 Å². The van der Waals surface area contributed by atoms with Crippen LogP contribution in [0.4, 0.5) is 0 Å². The maximum absolute atomic E-state index is 10.8. The van der Waals surface area contributed by atoms with Crippen molar-refractivity contribution in [2.75, 3.05) is 13.1 Å². The Labute approximate surface area is 146 Å². The quantitative estimate of drug-likeness (QED) is 0.883. The summed E-state index contributed by atoms with van der Waals surface area (Å²) < 4.78 is 0. The van der Waals surface area contributed by atoms with E-state index in [1.807, 2.05) is 0 Å². The van der Waals surface area contributed by atoms with Crippen LogP contribution in [0.25, 0.3) is 0 Å². The molecule has 0 amide bonds. The standard InChI is InChI=1S/C22H29NO/c1-17-8-6-7-11-21(17)18(2)22(24)23-14-12-20(13-15-23)16-19-9-4-3-5-10-19/h3-11,18,20,22,24H,12-16H2,1-2H3. The van der Waals surface area contributed by atoms with E-state index in [-0.39, 0.29) is 12.1 Å². The molecule has 0 bridgehead atoms. The van der Waals surface area contributed by atoms with Crippen molar-refractivity contribution in [2.24, 2.45) is 5.92 Å². The van der Waals surface area contributed by atoms with Gasteiger partial charge in [-0.05, 0) is 48.8 Å². The largest absolute Gasteiger partial charge is 0.378 e. The molecule has 0 aromatic heterocycles. The Morgan fingerprint density at radius 1 is 1.00 bits per heavy atom. The molecular weight excluding hydrogens is 294 g/mol. The molecule has 2 heteroatoms. The van der Waals surface area contributed by atoms with Crippen LogP contribution >= 0.6 is 0 Å². The van der Waals surface area contributed by atoms with Crippen LogP contribution in [0.3, 0.4) is 0 Å². The third kappa shape index (κ3) is 4.06. The van der Waals surface area contributed by atoms with Crippen LogP contribution in [-0.2, 0) is 6.42 Å². The van der Waals surface area contributed by atoms with Crippen molar-refractivity contribution in [3.8, 4) is 0 Å². The number of hydrogen-bond acceptors (Lipinski definition) is 2. The Morgan fingerprint density at radius 2 is 1.62 bits per heavy atom. The van der Waals surface area contributed by atoms with Crippen molar-refractivity contribution in [1.29, 1.82) is 0 Å². The third-order valence-corrected chi connectivity index (χ3v) is 5.52. The van der Waals surface area contributed by atoms with Gasteiger partial charge in [0.1, 0.15) is 6.23 Å². The predicted molar refractivity (Wildman–Crippen MR) is 100 cm³/mol. The monoisotopic (exact) mass is 323 g/mol. The minimum Gasteiger partial charge on any atom is -0.378 e. The summed E-state index contributed by atoms with van der Waals surface area (Å²) in [5.41, 5.74) is 3.96. The number of nitrogens with zero attached hydrogens (tertiary/aromatic N) is 1. The Balaban J connectivity index is 1.55. The van der Waals surface area contributed by atoms with Gasteiger partial charge in [0.15, 0.2) is 0 Å². The lowest BCUT2D eigenvalue weighted by Gasteiger charge is -2.38. The fraction of sp³-hybridized carbons (Fsp3) is 0.455. The molecule has 1 saturated heterocycles. The molecule has 0 radical (unpaired) electrons. The first-order valence-electron chi connectivity index (χ1n) is 9.16. The van der Waals surface area contributed by atoms with E-state index in [4.69, 9.17) is 0 Å². The van der Waals surface area contributed by atoms with E-state index in [0.717, 1.165) is 25.4 Å². The Hall–Kier alpha value is -1.64. The summed E-state index contributed by atoms with van der Waals surface area (Å²) in [5, 5.41) is 10.8. The minimum absolute atomic E-state index is 0.150. The Morgan fingerprint density at radius 3 is 2.29 bits per heavy atom. The lowest BCUT2D eigenvalue weighted by molar-refractivity contribution is -0.0314. The number of piperidine rings is 1. The number of rotatable bonds is 5. The van der Waals surface area contributed by atoms with Gasteiger partial charge in [0.25, 0.3) is 0 Å². The summed E-state index contributed by atoms with van der Waals surface area (Å²) in [6, 6.07) is 19.2. The average molecular weight is 323 g/mol. The molecule has 128 valence electrons. The van der Waals surface area contributed by atoms with Crippen molar-refractivity contribution in [2.45, 2.75) is 45.3 Å². The minimum atomic E-state index is -0.385. The molecule has 2 unspecified atom stereocenters. The molecule has 2 aromatic carbocycles. The van der Waals surface area contributed by atoms with Gasteiger partial charge in [-0.15, -0.1) is 0 Å². The van der Waals surface area contributed by atoms with E-state index in [0.29, 0.717) is 0 Å². The highest BCUT2D eigenvalue weighted by atomic mass is 16.3. The summed E-state index contributed by atoms with van der Waals surface area (Å²) in [7, 11) is 0. The number of aliphatic hydroxyl groups is 1. The van der Waals surface area contributed by atoms with Crippen LogP contribution in [0.15, 0.2) is 54.6 Å². The summed E-state index contributed by atoms with van der Waals surface area (Å²) in [6.07, 6.45) is 3.13. The number of hydrogen-bond donors (Lipinski definition) is 1. The summed E-state index contributed by atoms with van der Waals surface area (Å²) in [5.74, 6) is 0.890. The summed E-state index contributed by atoms with van der Waals surface area (Å²) in [4.78, 5) is 2.26. The number of benzene rings is 2. The topological polar surface area (TPSA) is 23.5 Å². The Bertz CT molecular complexity index is 631. The second kappa shape index (κ2) is 7.96. The van der Waals surface area contributed by atoms with E-state index in [1.165, 1.54) is 29.5 Å². The molecule has 2 atom stereocenters. The molecular formula is C22H29NO. The molecule has 3 rings (SSSR count). The van der Waals surface area contributed by atoms with Crippen molar-refractivity contribution in [3.05, 3.63) is 71.3 Å². The first-order valence-corrected chi connectivity index (χ1v) is 9.16. The molecule has 24 heavy (non-hydrogen) atoms. The lowest BCUT2D eigenvalue weighted by Crippen LogP contribution is -2.44. The zero-order valence-corrected chi connectivity index (χ0v) is 14.9. The molecule has 1 aliphatic heterocycles. The van der Waals surface area contributed by atoms with Crippen LogP contribution in [0.1, 0.15) is 42.4 Å². The smallest absolute Gasteiger partial charge is 0.114 e. The van der Waals surface area contributed by atoms with E-state index >= 15 is 0 Å². The molecule has 0 aliphatic carbocycles. The van der Waals surface area contributed by atoms with E-state index in [1.54, 1.807) is 0 Å². The molecule has 1 N–H and O–H groups in total. The second-order valence-corrected chi connectivity index (χ2v) is 7.23. The third-order valence-electron chi connectivity index (χ3n) is 5.52. The van der Waals surface area contributed by atoms with Gasteiger partial charge >= 0.3 is 0 Å². The number of aliphatic hydroxyl groups excluding tert-OH is 1. The molecule has 1 fully saturated rings. The zero-order valence-electron chi connectivity index (χ0n) is 14.9. The van der Waals surface area contributed by atoms with Gasteiger partial charge in [-0.3, -0.25) is 4.90 Å². The average Bonchev–Trinajstić information content (AvgIpc) is 2.62. The number of aryl methyl sites for hydroxylation is 1. The summed E-state index contributed by atoms with van der Waals surface area (Å²) >= 11 is 0. The van der Waals surface area contributed by atoms with Crippen molar-refractivity contribution in [1.82, 2.24) is 4.90 Å². The molecule has 2 aromatic rings. The van der Waals surface area contributed by atoms with Gasteiger partial charge in [-0.25, -0.2) is 0 Å². The summed E-state index contributed by atoms with van der Waals surface area (Å²) in [6.45, 7) is 6.26. The molecule has 2 nitrogen and oxygen atoms in total. The highest BCUT2D eigenvalue weighted by Gasteiger charge is 2.28. The molecule has 1 heterocycles. The molecule has 1 aliphatic rings. The lowest BCUT2D eigenvalue weighted by atomic mass is 9.88. The fourth-order valence-electron chi connectivity index (χ4n) is 3.94. The zero-order chi connectivity index (χ0) is 16.9. The van der Waals surface area contributed by atoms with Gasteiger partial charge in [0.05, 0.1) is 0 Å². The van der Waals surface area contributed by atoms with E-state index in [9.17, 15) is 5.11 Å². The van der Waals surface area contributed by atoms with Gasteiger partial charge in [-0.1, -0.05) is 61.5 Å². The maximum atomic E-state index is 10.8. The first-order chi connectivity index (χ1) is 11.6. The van der Waals surface area contributed by atoms with Crippen molar-refractivity contribution < 1.29 is 5.11 Å². The fourth-order valence-corrected chi connectivity index (χ4v) is 3.94. The van der Waals surface area contributed by atoms with Gasteiger partial charge < -0.3 is 5.11 Å². The van der Waals surface area contributed by atoms with Gasteiger partial charge in [0, 0.05) is 19.0 Å². The first kappa shape index (κ1) is 17.2. The van der Waals surface area contributed by atoms with E-state index < -0.39 is 0 Å². The molecule has 0 spiro atoms. The highest BCUT2D eigenvalue weighted by Crippen LogP contribution is 2.28. The normalized spacial score (nSPS) is 19.1.